The second-order valence-electron chi connectivity index (χ2n) is 6.04. The quantitative estimate of drug-likeness (QED) is 0.849. The van der Waals surface area contributed by atoms with Crippen LogP contribution in [0.5, 0.6) is 0 Å². The standard InChI is InChI=1S/C15H22N2S/c1-15(2)8-3-9-17(11-15)10-12-4-6-13(7-5-12)14(16)18/h4-7H,3,8-11H2,1-2H3,(H2,16,18). The van der Waals surface area contributed by atoms with Crippen LogP contribution in [0.15, 0.2) is 24.3 Å². The maximum atomic E-state index is 5.60. The van der Waals surface area contributed by atoms with Crippen LogP contribution in [0.25, 0.3) is 0 Å². The van der Waals surface area contributed by atoms with E-state index < -0.39 is 0 Å². The minimum atomic E-state index is 0.455. The topological polar surface area (TPSA) is 29.3 Å². The molecule has 0 amide bonds. The molecule has 1 aliphatic heterocycles. The highest BCUT2D eigenvalue weighted by atomic mass is 32.1. The molecule has 2 nitrogen and oxygen atoms in total. The van der Waals surface area contributed by atoms with E-state index in [1.165, 1.54) is 31.5 Å². The van der Waals surface area contributed by atoms with Crippen molar-refractivity contribution in [3.8, 4) is 0 Å². The van der Waals surface area contributed by atoms with Crippen LogP contribution in [0, 0.1) is 5.41 Å². The van der Waals surface area contributed by atoms with Gasteiger partial charge in [-0.25, -0.2) is 0 Å². The summed E-state index contributed by atoms with van der Waals surface area (Å²) in [6, 6.07) is 8.31. The van der Waals surface area contributed by atoms with E-state index in [9.17, 15) is 0 Å². The molecular formula is C15H22N2S. The molecular weight excluding hydrogens is 240 g/mol. The molecule has 0 unspecified atom stereocenters. The number of likely N-dealkylation sites (tertiary alicyclic amines) is 1. The molecule has 0 radical (unpaired) electrons. The van der Waals surface area contributed by atoms with Crippen molar-refractivity contribution in [3.63, 3.8) is 0 Å². The lowest BCUT2D eigenvalue weighted by molar-refractivity contribution is 0.112. The normalized spacial score (nSPS) is 19.7. The smallest absolute Gasteiger partial charge is 0.103 e. The van der Waals surface area contributed by atoms with Gasteiger partial charge in [-0.1, -0.05) is 50.3 Å². The fraction of sp³-hybridized carbons (Fsp3) is 0.533. The Hall–Kier alpha value is -0.930. The van der Waals surface area contributed by atoms with E-state index >= 15 is 0 Å². The third-order valence-electron chi connectivity index (χ3n) is 3.62. The second-order valence-corrected chi connectivity index (χ2v) is 6.48. The zero-order chi connectivity index (χ0) is 13.2. The van der Waals surface area contributed by atoms with Gasteiger partial charge in [-0.2, -0.15) is 0 Å². The minimum absolute atomic E-state index is 0.455. The van der Waals surface area contributed by atoms with E-state index in [-0.39, 0.29) is 0 Å². The Morgan fingerprint density at radius 3 is 2.56 bits per heavy atom. The number of benzene rings is 1. The SMILES string of the molecule is CC1(C)CCCN(Cc2ccc(C(N)=S)cc2)C1. The molecule has 0 aromatic heterocycles. The Labute approximate surface area is 115 Å². The van der Waals surface area contributed by atoms with Crippen LogP contribution in [-0.4, -0.2) is 23.0 Å². The first kappa shape index (κ1) is 13.5. The molecule has 0 spiro atoms. The van der Waals surface area contributed by atoms with Gasteiger partial charge in [0.1, 0.15) is 4.99 Å². The lowest BCUT2D eigenvalue weighted by Crippen LogP contribution is -2.39. The number of thiocarbonyl (C=S) groups is 1. The summed E-state index contributed by atoms with van der Waals surface area (Å²) in [6.45, 7) is 8.13. The first-order valence-corrected chi connectivity index (χ1v) is 6.98. The predicted octanol–water partition coefficient (Wildman–Crippen LogP) is 2.94. The molecule has 1 aromatic rings. The molecule has 0 atom stereocenters. The first-order chi connectivity index (χ1) is 8.46. The van der Waals surface area contributed by atoms with Crippen LogP contribution in [-0.2, 0) is 6.54 Å². The molecule has 2 rings (SSSR count). The summed E-state index contributed by atoms with van der Waals surface area (Å²) in [5, 5.41) is 0. The lowest BCUT2D eigenvalue weighted by atomic mass is 9.84. The van der Waals surface area contributed by atoms with Gasteiger partial charge in [0.15, 0.2) is 0 Å². The van der Waals surface area contributed by atoms with Crippen molar-refractivity contribution in [2.24, 2.45) is 11.1 Å². The lowest BCUT2D eigenvalue weighted by Gasteiger charge is -2.38. The van der Waals surface area contributed by atoms with Crippen molar-refractivity contribution >= 4 is 17.2 Å². The van der Waals surface area contributed by atoms with E-state index in [0.29, 0.717) is 10.4 Å². The highest BCUT2D eigenvalue weighted by molar-refractivity contribution is 7.80. The van der Waals surface area contributed by atoms with Gasteiger partial charge in [0.2, 0.25) is 0 Å². The Balaban J connectivity index is 1.99. The summed E-state index contributed by atoms with van der Waals surface area (Å²) in [4.78, 5) is 3.01. The molecule has 1 saturated heterocycles. The molecule has 0 bridgehead atoms. The molecule has 18 heavy (non-hydrogen) atoms. The van der Waals surface area contributed by atoms with Gasteiger partial charge < -0.3 is 5.73 Å². The molecule has 3 heteroatoms. The maximum Gasteiger partial charge on any atom is 0.103 e. The van der Waals surface area contributed by atoms with Crippen molar-refractivity contribution in [2.45, 2.75) is 33.2 Å². The van der Waals surface area contributed by atoms with Crippen molar-refractivity contribution in [3.05, 3.63) is 35.4 Å². The van der Waals surface area contributed by atoms with Crippen molar-refractivity contribution in [2.75, 3.05) is 13.1 Å². The van der Waals surface area contributed by atoms with Crippen molar-refractivity contribution in [1.29, 1.82) is 0 Å². The van der Waals surface area contributed by atoms with E-state index in [4.69, 9.17) is 18.0 Å². The molecule has 1 aromatic carbocycles. The van der Waals surface area contributed by atoms with Gasteiger partial charge in [0.05, 0.1) is 0 Å². The van der Waals surface area contributed by atoms with Gasteiger partial charge in [0.25, 0.3) is 0 Å². The summed E-state index contributed by atoms with van der Waals surface area (Å²) < 4.78 is 0. The van der Waals surface area contributed by atoms with Gasteiger partial charge in [-0.3, -0.25) is 4.90 Å². The molecule has 98 valence electrons. The number of piperidine rings is 1. The maximum absolute atomic E-state index is 5.60. The largest absolute Gasteiger partial charge is 0.389 e. The minimum Gasteiger partial charge on any atom is -0.389 e. The zero-order valence-electron chi connectivity index (χ0n) is 11.3. The van der Waals surface area contributed by atoms with Crippen LogP contribution in [0.2, 0.25) is 0 Å². The van der Waals surface area contributed by atoms with Crippen LogP contribution < -0.4 is 5.73 Å². The van der Waals surface area contributed by atoms with E-state index in [2.05, 4.69) is 30.9 Å². The van der Waals surface area contributed by atoms with Gasteiger partial charge in [0, 0.05) is 18.7 Å². The molecule has 2 N–H and O–H groups in total. The summed E-state index contributed by atoms with van der Waals surface area (Å²) >= 11 is 4.96. The first-order valence-electron chi connectivity index (χ1n) is 6.57. The highest BCUT2D eigenvalue weighted by Gasteiger charge is 2.25. The van der Waals surface area contributed by atoms with E-state index in [1.807, 2.05) is 12.1 Å². The molecule has 1 aliphatic rings. The average molecular weight is 262 g/mol. The fourth-order valence-electron chi connectivity index (χ4n) is 2.71. The Morgan fingerprint density at radius 1 is 1.33 bits per heavy atom. The Kier molecular flexibility index (Phi) is 4.03. The van der Waals surface area contributed by atoms with Gasteiger partial charge in [-0.05, 0) is 30.4 Å². The van der Waals surface area contributed by atoms with Crippen LogP contribution in [0.3, 0.4) is 0 Å². The van der Waals surface area contributed by atoms with Gasteiger partial charge >= 0.3 is 0 Å². The summed E-state index contributed by atoms with van der Waals surface area (Å²) in [5.74, 6) is 0. The van der Waals surface area contributed by atoms with E-state index in [1.54, 1.807) is 0 Å². The fourth-order valence-corrected chi connectivity index (χ4v) is 2.85. The van der Waals surface area contributed by atoms with E-state index in [0.717, 1.165) is 12.1 Å². The number of hydrogen-bond donors (Lipinski definition) is 1. The van der Waals surface area contributed by atoms with Gasteiger partial charge in [-0.15, -0.1) is 0 Å². The number of nitrogens with two attached hydrogens (primary N) is 1. The summed E-state index contributed by atoms with van der Waals surface area (Å²) in [6.07, 6.45) is 2.64. The zero-order valence-corrected chi connectivity index (χ0v) is 12.1. The Bertz CT molecular complexity index is 423. The Morgan fingerprint density at radius 2 is 2.00 bits per heavy atom. The number of rotatable bonds is 3. The third kappa shape index (κ3) is 3.53. The number of nitrogens with zero attached hydrogens (tertiary/aromatic N) is 1. The predicted molar refractivity (Wildman–Crippen MR) is 80.6 cm³/mol. The van der Waals surface area contributed by atoms with Crippen molar-refractivity contribution in [1.82, 2.24) is 4.90 Å². The van der Waals surface area contributed by atoms with Crippen LogP contribution >= 0.6 is 12.2 Å². The van der Waals surface area contributed by atoms with Crippen LogP contribution in [0.4, 0.5) is 0 Å². The monoisotopic (exact) mass is 262 g/mol. The third-order valence-corrected chi connectivity index (χ3v) is 3.86. The molecule has 1 fully saturated rings. The number of hydrogen-bond acceptors (Lipinski definition) is 2. The molecule has 0 aliphatic carbocycles. The molecule has 1 heterocycles. The molecule has 0 saturated carbocycles. The van der Waals surface area contributed by atoms with Crippen LogP contribution in [0.1, 0.15) is 37.8 Å². The highest BCUT2D eigenvalue weighted by Crippen LogP contribution is 2.29. The summed E-state index contributed by atoms with van der Waals surface area (Å²) in [5.41, 5.74) is 8.35. The second kappa shape index (κ2) is 5.37. The van der Waals surface area contributed by atoms with Crippen molar-refractivity contribution < 1.29 is 0 Å². The summed E-state index contributed by atoms with van der Waals surface area (Å²) in [7, 11) is 0. The average Bonchev–Trinajstić information content (AvgIpc) is 2.28.